The lowest BCUT2D eigenvalue weighted by Crippen LogP contribution is -2.55. The molecular formula is C38H52N6O7. The number of carboxylic acids is 1. The first-order chi connectivity index (χ1) is 24.5. The molecule has 6 rings (SSSR count). The molecule has 0 spiro atoms. The summed E-state index contributed by atoms with van der Waals surface area (Å²) in [4.78, 5) is 61.8. The van der Waals surface area contributed by atoms with Gasteiger partial charge in [0.1, 0.15) is 5.75 Å². The van der Waals surface area contributed by atoms with Crippen molar-refractivity contribution in [3.05, 3.63) is 58.7 Å². The second-order valence-corrected chi connectivity index (χ2v) is 14.5. The van der Waals surface area contributed by atoms with Crippen molar-refractivity contribution < 1.29 is 34.1 Å². The number of piperidine rings is 2. The summed E-state index contributed by atoms with van der Waals surface area (Å²) in [7, 11) is 0. The molecule has 3 fully saturated rings. The van der Waals surface area contributed by atoms with Crippen molar-refractivity contribution in [2.45, 2.75) is 77.0 Å². The number of carbonyl (C=O) groups excluding carboxylic acids is 3. The summed E-state index contributed by atoms with van der Waals surface area (Å²) < 4.78 is 6.06. The fraction of sp³-hybridized carbons (Fsp3) is 0.579. The van der Waals surface area contributed by atoms with Crippen LogP contribution in [0.5, 0.6) is 5.75 Å². The lowest BCUT2D eigenvalue weighted by molar-refractivity contribution is -0.143. The quantitative estimate of drug-likeness (QED) is 0.356. The maximum absolute atomic E-state index is 14.1. The molecule has 2 aromatic carbocycles. The number of rotatable bonds is 9. The maximum Gasteiger partial charge on any atom is 0.410 e. The summed E-state index contributed by atoms with van der Waals surface area (Å²) in [5.41, 5.74) is 4.18. The van der Waals surface area contributed by atoms with Gasteiger partial charge in [0.05, 0.1) is 6.42 Å². The number of aromatic hydroxyl groups is 1. The maximum atomic E-state index is 14.1. The van der Waals surface area contributed by atoms with Gasteiger partial charge in [-0.2, -0.15) is 0 Å². The van der Waals surface area contributed by atoms with Crippen molar-refractivity contribution in [1.29, 1.82) is 0 Å². The third kappa shape index (κ3) is 8.93. The highest BCUT2D eigenvalue weighted by Crippen LogP contribution is 2.27. The molecule has 1 unspecified atom stereocenters. The summed E-state index contributed by atoms with van der Waals surface area (Å²) in [5, 5.41) is 22.4. The van der Waals surface area contributed by atoms with Crippen LogP contribution in [0.25, 0.3) is 0 Å². The van der Waals surface area contributed by atoms with Gasteiger partial charge in [-0.1, -0.05) is 30.3 Å². The lowest BCUT2D eigenvalue weighted by Gasteiger charge is -2.43. The first kappa shape index (κ1) is 36.4. The second-order valence-electron chi connectivity index (χ2n) is 14.5. The molecule has 4 amide bonds. The molecular weight excluding hydrogens is 652 g/mol. The van der Waals surface area contributed by atoms with Gasteiger partial charge in [0.15, 0.2) is 6.10 Å². The molecule has 0 saturated carbocycles. The van der Waals surface area contributed by atoms with Gasteiger partial charge in [0.2, 0.25) is 0 Å². The molecule has 4 aliphatic heterocycles. The van der Waals surface area contributed by atoms with Crippen LogP contribution in [0.3, 0.4) is 0 Å². The van der Waals surface area contributed by atoms with E-state index in [-0.39, 0.29) is 36.6 Å². The minimum atomic E-state index is -1.01. The number of benzene rings is 2. The zero-order chi connectivity index (χ0) is 36.1. The molecule has 13 nitrogen and oxygen atoms in total. The topological polar surface area (TPSA) is 146 Å². The Morgan fingerprint density at radius 3 is 2.16 bits per heavy atom. The predicted octanol–water partition coefficient (Wildman–Crippen LogP) is 3.69. The standard InChI is InChI=1S/C38H52N6O7/c1-26-23-28(24-27(2)35(26)47)25-33(36(48)42-14-8-30(9-15-42)41-21-19-40(20-22-41)13-12-34(45)46)51-38(50)43-16-10-31(11-17-43)44-18-7-29-5-3-4-6-32(29)39-37(44)49/h3-6,23-24,30-31,33,47H,7-22,25H2,1-2H3,(H,39,49)(H,45,46). The van der Waals surface area contributed by atoms with Crippen LogP contribution in [-0.2, 0) is 27.2 Å². The Balaban J connectivity index is 1.05. The Labute approximate surface area is 300 Å². The molecule has 1 atom stereocenters. The minimum absolute atomic E-state index is 0.00208. The number of amides is 4. The van der Waals surface area contributed by atoms with Crippen molar-refractivity contribution in [3.63, 3.8) is 0 Å². The number of aliphatic carboxylic acids is 1. The number of nitrogens with one attached hydrogen (secondary N) is 1. The van der Waals surface area contributed by atoms with Gasteiger partial charge < -0.3 is 39.9 Å². The number of carboxylic acid groups (broad SMARTS) is 1. The number of nitrogens with zero attached hydrogens (tertiary/aromatic N) is 5. The van der Waals surface area contributed by atoms with E-state index in [0.29, 0.717) is 69.3 Å². The van der Waals surface area contributed by atoms with E-state index < -0.39 is 18.2 Å². The third-order valence-electron chi connectivity index (χ3n) is 11.1. The fourth-order valence-corrected chi connectivity index (χ4v) is 8.11. The van der Waals surface area contributed by atoms with Crippen LogP contribution in [0.4, 0.5) is 15.3 Å². The highest BCUT2D eigenvalue weighted by molar-refractivity contribution is 5.91. The van der Waals surface area contributed by atoms with Gasteiger partial charge in [-0.3, -0.25) is 14.5 Å². The number of para-hydroxylation sites is 1. The van der Waals surface area contributed by atoms with Crippen molar-refractivity contribution >= 4 is 29.7 Å². The Morgan fingerprint density at radius 1 is 0.863 bits per heavy atom. The number of likely N-dealkylation sites (tertiary alicyclic amines) is 2. The summed E-state index contributed by atoms with van der Waals surface area (Å²) in [6.07, 6.45) is 2.47. The number of piperazine rings is 1. The molecule has 3 N–H and O–H groups in total. The van der Waals surface area contributed by atoms with E-state index in [1.54, 1.807) is 4.90 Å². The van der Waals surface area contributed by atoms with Crippen LogP contribution in [0.2, 0.25) is 0 Å². The van der Waals surface area contributed by atoms with E-state index in [4.69, 9.17) is 9.84 Å². The zero-order valence-corrected chi connectivity index (χ0v) is 29.9. The Bertz CT molecular complexity index is 1560. The van der Waals surface area contributed by atoms with E-state index in [2.05, 4.69) is 15.1 Å². The lowest BCUT2D eigenvalue weighted by atomic mass is 9.98. The van der Waals surface area contributed by atoms with E-state index in [0.717, 1.165) is 62.3 Å². The largest absolute Gasteiger partial charge is 0.507 e. The number of anilines is 1. The van der Waals surface area contributed by atoms with E-state index >= 15 is 0 Å². The number of phenols is 1. The average Bonchev–Trinajstić information content (AvgIpc) is 3.30. The molecule has 0 aliphatic carbocycles. The fourth-order valence-electron chi connectivity index (χ4n) is 8.11. The van der Waals surface area contributed by atoms with Gasteiger partial charge >= 0.3 is 18.1 Å². The van der Waals surface area contributed by atoms with E-state index in [1.807, 2.05) is 60.0 Å². The van der Waals surface area contributed by atoms with Gasteiger partial charge in [-0.25, -0.2) is 9.59 Å². The van der Waals surface area contributed by atoms with E-state index in [9.17, 15) is 24.3 Å². The first-order valence-electron chi connectivity index (χ1n) is 18.4. The van der Waals surface area contributed by atoms with Crippen LogP contribution in [-0.4, -0.2) is 142 Å². The van der Waals surface area contributed by atoms with Gasteiger partial charge in [0.25, 0.3) is 5.91 Å². The first-order valence-corrected chi connectivity index (χ1v) is 18.4. The monoisotopic (exact) mass is 704 g/mol. The highest BCUT2D eigenvalue weighted by atomic mass is 16.6. The van der Waals surface area contributed by atoms with Gasteiger partial charge in [0, 0.05) is 89.6 Å². The van der Waals surface area contributed by atoms with E-state index in [1.165, 1.54) is 0 Å². The smallest absolute Gasteiger partial charge is 0.410 e. The number of hydrogen-bond donors (Lipinski definition) is 3. The molecule has 276 valence electrons. The number of fused-ring (bicyclic) bond motifs is 1. The van der Waals surface area contributed by atoms with Gasteiger partial charge in [-0.15, -0.1) is 0 Å². The van der Waals surface area contributed by atoms with Crippen molar-refractivity contribution in [3.8, 4) is 5.75 Å². The third-order valence-corrected chi connectivity index (χ3v) is 11.1. The summed E-state index contributed by atoms with van der Waals surface area (Å²) in [6.45, 7) is 10.2. The number of hydrogen-bond acceptors (Lipinski definition) is 8. The SMILES string of the molecule is Cc1cc(CC(OC(=O)N2CCC(N3CCc4ccccc4NC3=O)CC2)C(=O)N2CCC(N3CCN(CCC(=O)O)CC3)CC2)cc(C)c1O. The number of phenolic OH excluding ortho intramolecular Hbond substituents is 1. The molecule has 13 heteroatoms. The summed E-state index contributed by atoms with van der Waals surface area (Å²) in [6, 6.07) is 11.8. The minimum Gasteiger partial charge on any atom is -0.507 e. The zero-order valence-electron chi connectivity index (χ0n) is 29.9. The summed E-state index contributed by atoms with van der Waals surface area (Å²) in [5.74, 6) is -0.767. The number of carbonyl (C=O) groups is 4. The molecule has 4 heterocycles. The van der Waals surface area contributed by atoms with Gasteiger partial charge in [-0.05, 0) is 74.3 Å². The Hall–Kier alpha value is -4.36. The van der Waals surface area contributed by atoms with Crippen LogP contribution in [0, 0.1) is 13.8 Å². The summed E-state index contributed by atoms with van der Waals surface area (Å²) >= 11 is 0. The van der Waals surface area contributed by atoms with Crippen molar-refractivity contribution in [1.82, 2.24) is 24.5 Å². The van der Waals surface area contributed by atoms with Crippen LogP contribution >= 0.6 is 0 Å². The number of aryl methyl sites for hydroxylation is 2. The van der Waals surface area contributed by atoms with Crippen LogP contribution in [0.1, 0.15) is 54.4 Å². The number of urea groups is 1. The number of ether oxygens (including phenoxy) is 1. The predicted molar refractivity (Wildman–Crippen MR) is 192 cm³/mol. The molecule has 0 aromatic heterocycles. The molecule has 4 aliphatic rings. The Kier molecular flexibility index (Phi) is 11.7. The van der Waals surface area contributed by atoms with Crippen molar-refractivity contribution in [2.75, 3.05) is 70.8 Å². The van der Waals surface area contributed by atoms with Crippen LogP contribution in [0.15, 0.2) is 36.4 Å². The molecule has 0 bridgehead atoms. The normalized spacial score (nSPS) is 20.4. The molecule has 2 aromatic rings. The molecule has 3 saturated heterocycles. The second kappa shape index (κ2) is 16.3. The molecule has 0 radical (unpaired) electrons. The Morgan fingerprint density at radius 2 is 1.49 bits per heavy atom. The van der Waals surface area contributed by atoms with Crippen LogP contribution < -0.4 is 5.32 Å². The van der Waals surface area contributed by atoms with Crippen molar-refractivity contribution in [2.24, 2.45) is 0 Å². The molecule has 51 heavy (non-hydrogen) atoms. The highest BCUT2D eigenvalue weighted by Gasteiger charge is 2.36. The average molecular weight is 705 g/mol.